The van der Waals surface area contributed by atoms with Crippen LogP contribution in [0.1, 0.15) is 11.1 Å². The number of benzene rings is 9. The Balaban J connectivity index is 1.30. The molecule has 0 amide bonds. The molecule has 0 spiro atoms. The van der Waals surface area contributed by atoms with Gasteiger partial charge in [0.25, 0.3) is 0 Å². The van der Waals surface area contributed by atoms with E-state index >= 15 is 0 Å². The zero-order valence-corrected chi connectivity index (χ0v) is 33.2. The predicted octanol–water partition coefficient (Wildman–Crippen LogP) is 9.44. The highest BCUT2D eigenvalue weighted by atomic mass is 28.3. The van der Waals surface area contributed by atoms with Crippen LogP contribution in [0.5, 0.6) is 0 Å². The van der Waals surface area contributed by atoms with Gasteiger partial charge in [-0.25, -0.2) is 0 Å². The second kappa shape index (κ2) is 15.6. The Labute approximate surface area is 332 Å². The molecule has 0 unspecified atom stereocenters. The molecule has 0 aliphatic heterocycles. The van der Waals surface area contributed by atoms with Crippen molar-refractivity contribution in [2.45, 2.75) is 0 Å². The number of hydrogen-bond donors (Lipinski definition) is 0. The van der Waals surface area contributed by atoms with E-state index in [9.17, 15) is 0 Å². The molecule has 0 saturated heterocycles. The van der Waals surface area contributed by atoms with Gasteiger partial charge in [0.2, 0.25) is 0 Å². The average molecular weight is 747 g/mol. The van der Waals surface area contributed by atoms with Gasteiger partial charge in [0.05, 0.1) is 0 Å². The van der Waals surface area contributed by atoms with Crippen LogP contribution >= 0.6 is 0 Å². The summed E-state index contributed by atoms with van der Waals surface area (Å²) in [6, 6.07) is 84.9. The average Bonchev–Trinajstić information content (AvgIpc) is 3.29. The summed E-state index contributed by atoms with van der Waals surface area (Å²) in [5.41, 5.74) is 7.67. The molecule has 0 atom stereocenters. The predicted molar refractivity (Wildman–Crippen MR) is 247 cm³/mol. The molecule has 266 valence electrons. The number of rotatable bonds is 10. The molecule has 0 N–H and O–H groups in total. The van der Waals surface area contributed by atoms with Gasteiger partial charge in [-0.05, 0) is 63.8 Å². The highest BCUT2D eigenvalue weighted by molar-refractivity contribution is 7.15. The summed E-state index contributed by atoms with van der Waals surface area (Å²) < 4.78 is 0. The second-order valence-corrected chi connectivity index (χ2v) is 21.8. The molecule has 0 bridgehead atoms. The van der Waals surface area contributed by atoms with Gasteiger partial charge in [0.1, 0.15) is 0 Å². The van der Waals surface area contributed by atoms with Crippen molar-refractivity contribution >= 4 is 81.0 Å². The molecular weight excluding hydrogens is 705 g/mol. The molecule has 0 fully saturated rings. The summed E-state index contributed by atoms with van der Waals surface area (Å²) in [6.45, 7) is 0. The highest BCUT2D eigenvalue weighted by Gasteiger charge is 2.38. The number of hydrogen-bond acceptors (Lipinski definition) is 0. The maximum absolute atomic E-state index is 2.64. The number of fused-ring (bicyclic) bond motifs is 2. The van der Waals surface area contributed by atoms with Crippen LogP contribution in [0.2, 0.25) is 0 Å². The van der Waals surface area contributed by atoms with Crippen LogP contribution in [-0.2, 0) is 0 Å². The van der Waals surface area contributed by atoms with Crippen LogP contribution in [0, 0.1) is 0 Å². The fraction of sp³-hybridized carbons (Fsp3) is 0. The molecule has 0 radical (unpaired) electrons. The zero-order chi connectivity index (χ0) is 37.6. The van der Waals surface area contributed by atoms with Gasteiger partial charge in [-0.15, -0.1) is 0 Å². The minimum absolute atomic E-state index is 1.26. The first-order valence-electron chi connectivity index (χ1n) is 19.4. The first kappa shape index (κ1) is 35.1. The van der Waals surface area contributed by atoms with Crippen molar-refractivity contribution in [1.82, 2.24) is 0 Å². The van der Waals surface area contributed by atoms with Crippen LogP contribution < -0.4 is 31.1 Å². The molecule has 0 nitrogen and oxygen atoms in total. The zero-order valence-electron chi connectivity index (χ0n) is 31.2. The SMILES string of the molecule is C(=C[Si](c1ccccc1)(c1ccccc1)c1ccccc1)c1c2ccccc2c(C=C[Si](c2ccccc2)(c2ccccc2)c2ccccc2)c2ccccc12. The maximum atomic E-state index is 2.58. The van der Waals surface area contributed by atoms with E-state index in [0.29, 0.717) is 0 Å². The molecule has 9 aromatic rings. The van der Waals surface area contributed by atoms with Crippen LogP contribution in [0.4, 0.5) is 0 Å². The Morgan fingerprint density at radius 2 is 0.393 bits per heavy atom. The molecule has 0 saturated carbocycles. The maximum Gasteiger partial charge on any atom is 0.172 e. The Bertz CT molecular complexity index is 2320. The van der Waals surface area contributed by atoms with E-state index in [4.69, 9.17) is 0 Å². The van der Waals surface area contributed by atoms with Crippen LogP contribution in [0.25, 0.3) is 33.7 Å². The van der Waals surface area contributed by atoms with E-state index in [1.54, 1.807) is 0 Å². The summed E-state index contributed by atoms with van der Waals surface area (Å²) in [5, 5.41) is 13.2. The molecule has 9 aromatic carbocycles. The van der Waals surface area contributed by atoms with E-state index in [-0.39, 0.29) is 0 Å². The standard InChI is InChI=1S/C54H42Si2/c1-7-23-43(24-8-1)55(44-25-9-2-10-26-44,45-27-11-3-12-28-45)41-39-53-49-35-19-21-37-51(49)54(52-38-22-20-36-50(52)53)40-42-56(46-29-13-4-14-30-46,47-31-15-5-16-32-47)48-33-17-6-18-34-48/h1-42H. The lowest BCUT2D eigenvalue weighted by atomic mass is 9.92. The third-order valence-electron chi connectivity index (χ3n) is 11.4. The third kappa shape index (κ3) is 6.29. The monoisotopic (exact) mass is 746 g/mol. The summed E-state index contributed by atoms with van der Waals surface area (Å²) in [6.07, 6.45) is 4.91. The van der Waals surface area contributed by atoms with E-state index in [2.05, 4.69) is 254 Å². The summed E-state index contributed by atoms with van der Waals surface area (Å²) in [5.74, 6) is 0. The summed E-state index contributed by atoms with van der Waals surface area (Å²) in [4.78, 5) is 0. The van der Waals surface area contributed by atoms with Gasteiger partial charge in [-0.2, -0.15) is 0 Å². The molecule has 0 aliphatic carbocycles. The Kier molecular flexibility index (Phi) is 9.81. The fourth-order valence-corrected chi connectivity index (χ4v) is 17.1. The van der Waals surface area contributed by atoms with Gasteiger partial charge in [0.15, 0.2) is 16.1 Å². The lowest BCUT2D eigenvalue weighted by Gasteiger charge is -2.31. The van der Waals surface area contributed by atoms with Crippen LogP contribution in [0.15, 0.2) is 242 Å². The molecular formula is C54H42Si2. The lowest BCUT2D eigenvalue weighted by Crippen LogP contribution is -2.66. The minimum atomic E-state index is -2.64. The Morgan fingerprint density at radius 3 is 0.589 bits per heavy atom. The first-order valence-corrected chi connectivity index (χ1v) is 23.6. The Morgan fingerprint density at radius 1 is 0.214 bits per heavy atom. The highest BCUT2D eigenvalue weighted by Crippen LogP contribution is 2.35. The van der Waals surface area contributed by atoms with Crippen molar-refractivity contribution in [3.8, 4) is 0 Å². The van der Waals surface area contributed by atoms with E-state index < -0.39 is 16.1 Å². The van der Waals surface area contributed by atoms with Gasteiger partial charge >= 0.3 is 0 Å². The minimum Gasteiger partial charge on any atom is -0.0812 e. The summed E-state index contributed by atoms with van der Waals surface area (Å²) >= 11 is 0. The van der Waals surface area contributed by atoms with Crippen molar-refractivity contribution in [3.63, 3.8) is 0 Å². The molecule has 9 rings (SSSR count). The van der Waals surface area contributed by atoms with E-state index in [1.165, 1.54) is 63.8 Å². The van der Waals surface area contributed by atoms with Crippen LogP contribution in [-0.4, -0.2) is 16.1 Å². The summed E-state index contributed by atoms with van der Waals surface area (Å²) in [7, 11) is -5.27. The largest absolute Gasteiger partial charge is 0.172 e. The Hall–Kier alpha value is -6.59. The van der Waals surface area contributed by atoms with Crippen molar-refractivity contribution < 1.29 is 0 Å². The fourth-order valence-electron chi connectivity index (χ4n) is 8.76. The van der Waals surface area contributed by atoms with Crippen molar-refractivity contribution in [3.05, 3.63) is 253 Å². The first-order chi connectivity index (χ1) is 27.8. The van der Waals surface area contributed by atoms with Crippen molar-refractivity contribution in [2.24, 2.45) is 0 Å². The van der Waals surface area contributed by atoms with E-state index in [1.807, 2.05) is 0 Å². The van der Waals surface area contributed by atoms with Crippen LogP contribution in [0.3, 0.4) is 0 Å². The molecule has 56 heavy (non-hydrogen) atoms. The van der Waals surface area contributed by atoms with Gasteiger partial charge in [0, 0.05) is 0 Å². The van der Waals surface area contributed by atoms with E-state index in [0.717, 1.165) is 0 Å². The smallest absolute Gasteiger partial charge is 0.0812 e. The van der Waals surface area contributed by atoms with Gasteiger partial charge in [-0.1, -0.05) is 254 Å². The lowest BCUT2D eigenvalue weighted by molar-refractivity contribution is 1.68. The quantitative estimate of drug-likeness (QED) is 0.0744. The van der Waals surface area contributed by atoms with Crippen molar-refractivity contribution in [2.75, 3.05) is 0 Å². The third-order valence-corrected chi connectivity index (χ3v) is 20.2. The topological polar surface area (TPSA) is 0 Å². The molecule has 0 heterocycles. The van der Waals surface area contributed by atoms with Gasteiger partial charge < -0.3 is 0 Å². The normalized spacial score (nSPS) is 12.1. The second-order valence-electron chi connectivity index (χ2n) is 14.4. The molecule has 2 heteroatoms. The molecule has 0 aromatic heterocycles. The van der Waals surface area contributed by atoms with Gasteiger partial charge in [-0.3, -0.25) is 0 Å². The van der Waals surface area contributed by atoms with Crippen molar-refractivity contribution in [1.29, 1.82) is 0 Å². The molecule has 0 aliphatic rings.